The third-order valence-electron chi connectivity index (χ3n) is 5.08. The Morgan fingerprint density at radius 3 is 1.68 bits per heavy atom. The van der Waals surface area contributed by atoms with Crippen LogP contribution in [0.15, 0.2) is 108 Å². The number of nitrogens with zero attached hydrogens (tertiary/aromatic N) is 3. The van der Waals surface area contributed by atoms with Gasteiger partial charge < -0.3 is 0 Å². The number of benzene rings is 3. The molecule has 0 bridgehead atoms. The van der Waals surface area contributed by atoms with Crippen LogP contribution in [0.25, 0.3) is 10.3 Å². The fraction of sp³-hybridized carbons (Fsp3) is 0. The van der Waals surface area contributed by atoms with Crippen molar-refractivity contribution in [3.63, 3.8) is 0 Å². The van der Waals surface area contributed by atoms with Crippen molar-refractivity contribution in [3.8, 4) is 0 Å². The number of hydrogen-bond donors (Lipinski definition) is 0. The van der Waals surface area contributed by atoms with Crippen LogP contribution in [0.1, 0.15) is 9.67 Å². The highest BCUT2D eigenvalue weighted by atomic mass is 32.1. The summed E-state index contributed by atoms with van der Waals surface area (Å²) in [4.78, 5) is 22.2. The predicted molar refractivity (Wildman–Crippen MR) is 130 cm³/mol. The molecule has 2 aromatic heterocycles. The third kappa shape index (κ3) is 3.42. The molecule has 6 heteroatoms. The highest BCUT2D eigenvalue weighted by Crippen LogP contribution is 2.51. The fourth-order valence-corrected chi connectivity index (χ4v) is 8.19. The van der Waals surface area contributed by atoms with Gasteiger partial charge in [-0.1, -0.05) is 91.0 Å². The van der Waals surface area contributed by atoms with Crippen molar-refractivity contribution in [2.45, 2.75) is 0 Å². The van der Waals surface area contributed by atoms with Gasteiger partial charge >= 0.3 is 0 Å². The van der Waals surface area contributed by atoms with Crippen molar-refractivity contribution in [3.05, 3.63) is 108 Å². The highest BCUT2D eigenvalue weighted by molar-refractivity contribution is 7.87. The van der Waals surface area contributed by atoms with Gasteiger partial charge in [0.2, 0.25) is 0 Å². The van der Waals surface area contributed by atoms with Gasteiger partial charge in [-0.2, -0.15) is 0 Å². The number of carbonyl (C=O) groups is 1. The zero-order valence-corrected chi connectivity index (χ0v) is 18.2. The lowest BCUT2D eigenvalue weighted by Gasteiger charge is -2.26. The van der Waals surface area contributed by atoms with Crippen molar-refractivity contribution in [2.75, 3.05) is 0 Å². The Labute approximate surface area is 184 Å². The predicted octanol–water partition coefficient (Wildman–Crippen LogP) is 5.31. The maximum absolute atomic E-state index is 12.0. The number of carbonyl (C=O) groups excluding carboxylic acids is 1. The molecule has 150 valence electrons. The second-order valence-corrected chi connectivity index (χ2v) is 10.9. The largest absolute Gasteiger partial charge is 0.297 e. The molecule has 2 heterocycles. The summed E-state index contributed by atoms with van der Waals surface area (Å²) in [7, 11) is -2.48. The number of hydrogen-bond acceptors (Lipinski definition) is 5. The van der Waals surface area contributed by atoms with E-state index in [1.54, 1.807) is 12.4 Å². The lowest BCUT2D eigenvalue weighted by Crippen LogP contribution is -2.25. The third-order valence-corrected chi connectivity index (χ3v) is 9.71. The Kier molecular flexibility index (Phi) is 5.29. The van der Waals surface area contributed by atoms with Gasteiger partial charge in [0.15, 0.2) is 6.29 Å². The molecule has 0 saturated carbocycles. The fourth-order valence-electron chi connectivity index (χ4n) is 3.71. The number of fused-ring (bicyclic) bond motifs is 1. The number of aromatic nitrogens is 2. The van der Waals surface area contributed by atoms with E-state index in [0.717, 1.165) is 27.0 Å². The van der Waals surface area contributed by atoms with Gasteiger partial charge in [-0.25, -0.2) is 14.7 Å². The van der Waals surface area contributed by atoms with Crippen molar-refractivity contribution in [1.29, 1.82) is 0 Å². The van der Waals surface area contributed by atoms with Crippen LogP contribution in [0.5, 0.6) is 0 Å². The SMILES string of the molecule is O=Cc1sc2nccnc2c1N=P(c1ccccc1)(c1ccccc1)c1ccccc1. The molecule has 0 radical (unpaired) electrons. The highest BCUT2D eigenvalue weighted by Gasteiger charge is 2.29. The maximum atomic E-state index is 12.0. The van der Waals surface area contributed by atoms with Crippen molar-refractivity contribution in [2.24, 2.45) is 4.74 Å². The first-order valence-corrected chi connectivity index (χ1v) is 12.4. The van der Waals surface area contributed by atoms with E-state index < -0.39 is 7.05 Å². The van der Waals surface area contributed by atoms with Crippen LogP contribution in [0.4, 0.5) is 5.69 Å². The molecule has 0 aliphatic rings. The van der Waals surface area contributed by atoms with Gasteiger partial charge in [-0.3, -0.25) is 4.79 Å². The quantitative estimate of drug-likeness (QED) is 0.275. The lowest BCUT2D eigenvalue weighted by atomic mass is 10.4. The molecule has 0 spiro atoms. The summed E-state index contributed by atoms with van der Waals surface area (Å²) in [6.07, 6.45) is 4.16. The van der Waals surface area contributed by atoms with Crippen molar-refractivity contribution in [1.82, 2.24) is 9.97 Å². The van der Waals surface area contributed by atoms with E-state index in [4.69, 9.17) is 4.74 Å². The van der Waals surface area contributed by atoms with E-state index in [2.05, 4.69) is 46.4 Å². The first kappa shape index (κ1) is 19.6. The number of rotatable bonds is 5. The van der Waals surface area contributed by atoms with Crippen LogP contribution in [-0.2, 0) is 0 Å². The van der Waals surface area contributed by atoms with Gasteiger partial charge in [-0.15, -0.1) is 11.3 Å². The van der Waals surface area contributed by atoms with E-state index in [1.165, 1.54) is 11.3 Å². The molecular formula is C25H18N3OPS. The molecule has 0 saturated heterocycles. The first-order chi connectivity index (χ1) is 15.3. The minimum Gasteiger partial charge on any atom is -0.297 e. The van der Waals surface area contributed by atoms with Gasteiger partial charge in [0, 0.05) is 28.3 Å². The van der Waals surface area contributed by atoms with Crippen LogP contribution >= 0.6 is 18.4 Å². The topological polar surface area (TPSA) is 55.2 Å². The molecule has 0 aliphatic carbocycles. The first-order valence-electron chi connectivity index (χ1n) is 9.81. The Balaban J connectivity index is 1.98. The van der Waals surface area contributed by atoms with Crippen LogP contribution in [-0.4, -0.2) is 16.3 Å². The Morgan fingerprint density at radius 2 is 1.19 bits per heavy atom. The summed E-state index contributed by atoms with van der Waals surface area (Å²) >= 11 is 1.33. The van der Waals surface area contributed by atoms with Crippen LogP contribution in [0.2, 0.25) is 0 Å². The van der Waals surface area contributed by atoms with Crippen molar-refractivity contribution < 1.29 is 4.79 Å². The molecule has 0 aliphatic heterocycles. The monoisotopic (exact) mass is 439 g/mol. The summed E-state index contributed by atoms with van der Waals surface area (Å²) in [6, 6.07) is 31.0. The van der Waals surface area contributed by atoms with E-state index in [1.807, 2.05) is 54.6 Å². The molecule has 31 heavy (non-hydrogen) atoms. The Bertz CT molecular complexity index is 1300. The molecule has 0 fully saturated rings. The number of aldehydes is 1. The molecule has 5 rings (SSSR count). The average molecular weight is 439 g/mol. The van der Waals surface area contributed by atoms with Gasteiger partial charge in [0.1, 0.15) is 16.0 Å². The van der Waals surface area contributed by atoms with Crippen molar-refractivity contribution >= 4 is 56.6 Å². The molecule has 0 amide bonds. The molecule has 3 aromatic carbocycles. The Hall–Kier alpha value is -3.40. The van der Waals surface area contributed by atoms with Gasteiger partial charge in [-0.05, 0) is 0 Å². The second kappa shape index (κ2) is 8.38. The normalized spacial score (nSPS) is 11.4. The zero-order valence-electron chi connectivity index (χ0n) is 16.5. The van der Waals surface area contributed by atoms with Gasteiger partial charge in [0.25, 0.3) is 0 Å². The van der Waals surface area contributed by atoms with E-state index in [9.17, 15) is 4.79 Å². The summed E-state index contributed by atoms with van der Waals surface area (Å²) in [6.45, 7) is 0. The zero-order chi connectivity index (χ0) is 21.1. The van der Waals surface area contributed by atoms with E-state index >= 15 is 0 Å². The second-order valence-electron chi connectivity index (χ2n) is 6.88. The summed E-state index contributed by atoms with van der Waals surface area (Å²) < 4.78 is 5.45. The molecule has 5 aromatic rings. The number of thiophene rings is 1. The summed E-state index contributed by atoms with van der Waals surface area (Å²) in [5.41, 5.74) is 1.29. The van der Waals surface area contributed by atoms with E-state index in [-0.39, 0.29) is 0 Å². The smallest absolute Gasteiger partial charge is 0.162 e. The summed E-state index contributed by atoms with van der Waals surface area (Å²) in [5.74, 6) is 0. The molecule has 0 N–H and O–H groups in total. The average Bonchev–Trinajstić information content (AvgIpc) is 3.21. The standard InChI is InChI=1S/C25H18N3OPS/c29-18-22-23(24-25(31-22)27-17-16-26-24)28-30(19-10-4-1-5-11-19,20-12-6-2-7-13-20)21-14-8-3-9-15-21/h1-18H. The minimum atomic E-state index is -2.48. The van der Waals surface area contributed by atoms with Crippen LogP contribution in [0.3, 0.4) is 0 Å². The minimum absolute atomic E-state index is 0.549. The maximum Gasteiger partial charge on any atom is 0.162 e. The molecule has 0 atom stereocenters. The van der Waals surface area contributed by atoms with E-state index in [0.29, 0.717) is 16.1 Å². The molecular weight excluding hydrogens is 421 g/mol. The molecule has 0 unspecified atom stereocenters. The van der Waals surface area contributed by atoms with Crippen LogP contribution < -0.4 is 15.9 Å². The van der Waals surface area contributed by atoms with Gasteiger partial charge in [0.05, 0.1) is 11.9 Å². The Morgan fingerprint density at radius 1 is 0.710 bits per heavy atom. The lowest BCUT2D eigenvalue weighted by molar-refractivity contribution is 0.112. The summed E-state index contributed by atoms with van der Waals surface area (Å²) in [5, 5.41) is 3.35. The molecule has 4 nitrogen and oxygen atoms in total. The van der Waals surface area contributed by atoms with Crippen LogP contribution in [0, 0.1) is 0 Å².